The first kappa shape index (κ1) is 20.7. The second-order valence-corrected chi connectivity index (χ2v) is 7.73. The van der Waals surface area contributed by atoms with E-state index in [1.807, 2.05) is 0 Å². The van der Waals surface area contributed by atoms with Gasteiger partial charge in [0, 0.05) is 30.1 Å². The zero-order valence-electron chi connectivity index (χ0n) is 15.4. The Balaban J connectivity index is 1.64. The van der Waals surface area contributed by atoms with Gasteiger partial charge in [-0.05, 0) is 48.0 Å². The van der Waals surface area contributed by atoms with Crippen LogP contribution in [0.1, 0.15) is 5.56 Å². The lowest BCUT2D eigenvalue weighted by molar-refractivity contribution is -0.384. The Kier molecular flexibility index (Phi) is 6.18. The van der Waals surface area contributed by atoms with Crippen molar-refractivity contribution >= 4 is 39.1 Å². The first-order valence-corrected chi connectivity index (χ1v) is 10.1. The van der Waals surface area contributed by atoms with Crippen LogP contribution in [0.2, 0.25) is 0 Å². The summed E-state index contributed by atoms with van der Waals surface area (Å²) in [5.41, 5.74) is 1.15. The SMILES string of the molecule is O=C(/C=C/c1cccc([N+](=O)[O-])c1)Nc1ccc(S(=O)(=O)Nc2cccnc2)cc1. The Hall–Kier alpha value is -4.05. The average Bonchev–Trinajstić information content (AvgIpc) is 2.73. The number of sulfonamides is 1. The number of nitro benzene ring substituents is 1. The lowest BCUT2D eigenvalue weighted by Gasteiger charge is -2.08. The van der Waals surface area contributed by atoms with Gasteiger partial charge in [-0.15, -0.1) is 0 Å². The number of benzene rings is 2. The second-order valence-electron chi connectivity index (χ2n) is 6.05. The molecule has 2 N–H and O–H groups in total. The number of hydrogen-bond acceptors (Lipinski definition) is 6. The van der Waals surface area contributed by atoms with Crippen LogP contribution < -0.4 is 10.0 Å². The van der Waals surface area contributed by atoms with Gasteiger partial charge in [0.2, 0.25) is 5.91 Å². The lowest BCUT2D eigenvalue weighted by Crippen LogP contribution is -2.13. The summed E-state index contributed by atoms with van der Waals surface area (Å²) in [5.74, 6) is -0.467. The number of pyridine rings is 1. The van der Waals surface area contributed by atoms with Crippen LogP contribution in [0, 0.1) is 10.1 Å². The molecule has 30 heavy (non-hydrogen) atoms. The highest BCUT2D eigenvalue weighted by atomic mass is 32.2. The van der Waals surface area contributed by atoms with Crippen molar-refractivity contribution in [1.82, 2.24) is 4.98 Å². The molecule has 9 nitrogen and oxygen atoms in total. The first-order chi connectivity index (χ1) is 14.3. The summed E-state index contributed by atoms with van der Waals surface area (Å²) in [6.07, 6.45) is 5.59. The molecule has 1 heterocycles. The minimum absolute atomic E-state index is 0.0245. The van der Waals surface area contributed by atoms with Crippen molar-refractivity contribution in [2.75, 3.05) is 10.0 Å². The Morgan fingerprint density at radius 3 is 2.47 bits per heavy atom. The van der Waals surface area contributed by atoms with Gasteiger partial charge in [0.1, 0.15) is 0 Å². The topological polar surface area (TPSA) is 131 Å². The fourth-order valence-electron chi connectivity index (χ4n) is 2.45. The minimum atomic E-state index is -3.79. The Bertz CT molecular complexity index is 1190. The molecule has 0 aliphatic carbocycles. The van der Waals surface area contributed by atoms with Crippen molar-refractivity contribution in [2.45, 2.75) is 4.90 Å². The molecular formula is C20H16N4O5S. The van der Waals surface area contributed by atoms with Crippen LogP contribution in [0.4, 0.5) is 17.1 Å². The maximum Gasteiger partial charge on any atom is 0.270 e. The number of nitro groups is 1. The van der Waals surface area contributed by atoms with E-state index in [9.17, 15) is 23.3 Å². The molecular weight excluding hydrogens is 408 g/mol. The number of carbonyl (C=O) groups is 1. The van der Waals surface area contributed by atoms with E-state index in [2.05, 4.69) is 15.0 Å². The van der Waals surface area contributed by atoms with Gasteiger partial charge in [0.15, 0.2) is 0 Å². The number of carbonyl (C=O) groups excluding carboxylic acids is 1. The van der Waals surface area contributed by atoms with Gasteiger partial charge in [-0.25, -0.2) is 8.42 Å². The van der Waals surface area contributed by atoms with Gasteiger partial charge < -0.3 is 5.32 Å². The number of nitrogens with zero attached hydrogens (tertiary/aromatic N) is 2. The third kappa shape index (κ3) is 5.49. The number of amides is 1. The molecule has 0 saturated heterocycles. The Morgan fingerprint density at radius 1 is 1.03 bits per heavy atom. The number of rotatable bonds is 7. The molecule has 0 saturated carbocycles. The summed E-state index contributed by atoms with van der Waals surface area (Å²) in [4.78, 5) is 26.2. The fraction of sp³-hybridized carbons (Fsp3) is 0. The molecule has 1 aromatic heterocycles. The van der Waals surface area contributed by atoms with E-state index in [-0.39, 0.29) is 10.6 Å². The van der Waals surface area contributed by atoms with Gasteiger partial charge in [0.25, 0.3) is 15.7 Å². The van der Waals surface area contributed by atoms with Crippen LogP contribution in [0.3, 0.4) is 0 Å². The third-order valence-electron chi connectivity index (χ3n) is 3.85. The number of anilines is 2. The number of non-ortho nitro benzene ring substituents is 1. The Morgan fingerprint density at radius 2 is 1.80 bits per heavy atom. The quantitative estimate of drug-likeness (QED) is 0.339. The average molecular weight is 424 g/mol. The number of aromatic nitrogens is 1. The maximum absolute atomic E-state index is 12.4. The molecule has 0 bridgehead atoms. The zero-order valence-corrected chi connectivity index (χ0v) is 16.2. The predicted octanol–water partition coefficient (Wildman–Crippen LogP) is 3.44. The highest BCUT2D eigenvalue weighted by Crippen LogP contribution is 2.18. The van der Waals surface area contributed by atoms with Crippen molar-refractivity contribution in [3.8, 4) is 0 Å². The number of hydrogen-bond donors (Lipinski definition) is 2. The van der Waals surface area contributed by atoms with E-state index >= 15 is 0 Å². The second kappa shape index (κ2) is 8.97. The summed E-state index contributed by atoms with van der Waals surface area (Å²) in [5, 5.41) is 13.4. The van der Waals surface area contributed by atoms with Gasteiger partial charge >= 0.3 is 0 Å². The summed E-state index contributed by atoms with van der Waals surface area (Å²) in [6.45, 7) is 0. The molecule has 3 rings (SSSR count). The molecule has 0 spiro atoms. The third-order valence-corrected chi connectivity index (χ3v) is 5.25. The molecule has 0 aliphatic rings. The van der Waals surface area contributed by atoms with Crippen molar-refractivity contribution in [2.24, 2.45) is 0 Å². The smallest absolute Gasteiger partial charge is 0.270 e. The maximum atomic E-state index is 12.4. The highest BCUT2D eigenvalue weighted by molar-refractivity contribution is 7.92. The molecule has 1 amide bonds. The van der Waals surface area contributed by atoms with E-state index in [1.54, 1.807) is 18.2 Å². The van der Waals surface area contributed by atoms with Crippen LogP contribution in [0.25, 0.3) is 6.08 Å². The van der Waals surface area contributed by atoms with Crippen LogP contribution in [0.15, 0.2) is 84.0 Å². The molecule has 10 heteroatoms. The monoisotopic (exact) mass is 424 g/mol. The van der Waals surface area contributed by atoms with Gasteiger partial charge in [-0.1, -0.05) is 12.1 Å². The summed E-state index contributed by atoms with van der Waals surface area (Å²) in [6, 6.07) is 14.7. The van der Waals surface area contributed by atoms with Crippen LogP contribution in [0.5, 0.6) is 0 Å². The van der Waals surface area contributed by atoms with Crippen LogP contribution >= 0.6 is 0 Å². The van der Waals surface area contributed by atoms with Gasteiger partial charge in [-0.2, -0.15) is 0 Å². The normalized spacial score (nSPS) is 11.2. The summed E-state index contributed by atoms with van der Waals surface area (Å²) in [7, 11) is -3.79. The molecule has 0 fully saturated rings. The zero-order chi connectivity index (χ0) is 21.6. The van der Waals surface area contributed by atoms with E-state index in [1.165, 1.54) is 67.0 Å². The fourth-order valence-corrected chi connectivity index (χ4v) is 3.50. The van der Waals surface area contributed by atoms with E-state index in [4.69, 9.17) is 0 Å². The minimum Gasteiger partial charge on any atom is -0.323 e. The first-order valence-electron chi connectivity index (χ1n) is 8.60. The van der Waals surface area contributed by atoms with Gasteiger partial charge in [-0.3, -0.25) is 24.6 Å². The summed E-state index contributed by atoms with van der Waals surface area (Å²) < 4.78 is 27.2. The van der Waals surface area contributed by atoms with Crippen LogP contribution in [-0.2, 0) is 14.8 Å². The largest absolute Gasteiger partial charge is 0.323 e. The standard InChI is InChI=1S/C20H16N4O5S/c25-20(11-6-15-3-1-5-18(13-15)24(26)27)22-16-7-9-19(10-8-16)30(28,29)23-17-4-2-12-21-14-17/h1-14,23H,(H,22,25)/b11-6+. The van der Waals surface area contributed by atoms with Gasteiger partial charge in [0.05, 0.1) is 21.7 Å². The Labute approximate surface area is 172 Å². The molecule has 3 aromatic rings. The summed E-state index contributed by atoms with van der Waals surface area (Å²) >= 11 is 0. The van der Waals surface area contributed by atoms with Crippen molar-refractivity contribution in [3.05, 3.63) is 94.8 Å². The van der Waals surface area contributed by atoms with E-state index in [0.717, 1.165) is 0 Å². The van der Waals surface area contributed by atoms with Crippen molar-refractivity contribution in [1.29, 1.82) is 0 Å². The van der Waals surface area contributed by atoms with E-state index in [0.29, 0.717) is 16.9 Å². The highest BCUT2D eigenvalue weighted by Gasteiger charge is 2.14. The lowest BCUT2D eigenvalue weighted by atomic mass is 10.2. The molecule has 0 aliphatic heterocycles. The van der Waals surface area contributed by atoms with Crippen molar-refractivity contribution in [3.63, 3.8) is 0 Å². The molecule has 0 atom stereocenters. The molecule has 0 radical (unpaired) electrons. The van der Waals surface area contributed by atoms with Crippen molar-refractivity contribution < 1.29 is 18.1 Å². The predicted molar refractivity (Wildman–Crippen MR) is 112 cm³/mol. The van der Waals surface area contributed by atoms with Crippen LogP contribution in [-0.4, -0.2) is 24.2 Å². The number of nitrogens with one attached hydrogen (secondary N) is 2. The molecule has 0 unspecified atom stereocenters. The van der Waals surface area contributed by atoms with E-state index < -0.39 is 20.9 Å². The molecule has 152 valence electrons. The molecule has 2 aromatic carbocycles.